The van der Waals surface area contributed by atoms with E-state index in [-0.39, 0.29) is 44.5 Å². The van der Waals surface area contributed by atoms with Crippen molar-refractivity contribution in [3.8, 4) is 11.1 Å². The Labute approximate surface area is 251 Å². The molecule has 0 bridgehead atoms. The van der Waals surface area contributed by atoms with Crippen LogP contribution in [-0.4, -0.2) is 30.6 Å². The number of rotatable bonds is 8. The lowest BCUT2D eigenvalue weighted by molar-refractivity contribution is -0.122. The molecule has 44 heavy (non-hydrogen) atoms. The third-order valence-corrected chi connectivity index (χ3v) is 8.39. The number of anilines is 1. The quantitative estimate of drug-likeness (QED) is 0.135. The third kappa shape index (κ3) is 6.42. The van der Waals surface area contributed by atoms with Crippen LogP contribution in [0.1, 0.15) is 32.0 Å². The Kier molecular flexibility index (Phi) is 8.41. The number of carbonyl (C=O) groups excluding carboxylic acids is 2. The lowest BCUT2D eigenvalue weighted by atomic mass is 10.0. The van der Waals surface area contributed by atoms with Crippen LogP contribution in [0.5, 0.6) is 0 Å². The first-order chi connectivity index (χ1) is 20.9. The molecular weight excluding hydrogens is 593 g/mol. The minimum atomic E-state index is -5.02. The van der Waals surface area contributed by atoms with Gasteiger partial charge in [0, 0.05) is 17.3 Å². The number of amides is 1. The third-order valence-electron chi connectivity index (χ3n) is 6.70. The van der Waals surface area contributed by atoms with Crippen LogP contribution in [-0.2, 0) is 21.4 Å². The van der Waals surface area contributed by atoms with Gasteiger partial charge in [-0.05, 0) is 60.5 Å². The maximum atomic E-state index is 14.0. The number of aryl methyl sites for hydroxylation is 1. The van der Waals surface area contributed by atoms with Crippen LogP contribution in [0.25, 0.3) is 11.1 Å². The fourth-order valence-corrected chi connectivity index (χ4v) is 5.83. The van der Waals surface area contributed by atoms with E-state index in [4.69, 9.17) is 4.74 Å². The van der Waals surface area contributed by atoms with Gasteiger partial charge in [-0.2, -0.15) is 0 Å². The zero-order valence-electron chi connectivity index (χ0n) is 23.2. The molecule has 5 rings (SSSR count). The second kappa shape index (κ2) is 12.2. The molecule has 0 atom stereocenters. The second-order valence-electron chi connectivity index (χ2n) is 9.81. The van der Waals surface area contributed by atoms with Gasteiger partial charge >= 0.3 is 12.3 Å². The van der Waals surface area contributed by atoms with Crippen molar-refractivity contribution in [2.75, 3.05) is 4.90 Å². The molecule has 0 unspecified atom stereocenters. The van der Waals surface area contributed by atoms with Crippen LogP contribution in [0.2, 0.25) is 0 Å². The van der Waals surface area contributed by atoms with Crippen molar-refractivity contribution >= 4 is 27.6 Å². The number of hydrogen-bond donors (Lipinski definition) is 0. The molecule has 0 aliphatic carbocycles. The van der Waals surface area contributed by atoms with Gasteiger partial charge in [-0.15, -0.1) is 13.2 Å². The van der Waals surface area contributed by atoms with E-state index in [1.54, 1.807) is 49.4 Å². The SMILES string of the molecule is Cc1ccc(S(=O)(=O)n2cc(-c3cccc(C(=O)N(c4ccccc4)C(F)(F)F)c3)cc2C(=O)OCc2ccccc2)cc1. The highest BCUT2D eigenvalue weighted by atomic mass is 32.2. The molecule has 0 radical (unpaired) electrons. The van der Waals surface area contributed by atoms with Crippen LogP contribution in [0.15, 0.2) is 126 Å². The first-order valence-corrected chi connectivity index (χ1v) is 14.7. The Morgan fingerprint density at radius 1 is 0.795 bits per heavy atom. The topological polar surface area (TPSA) is 85.7 Å². The highest BCUT2D eigenvalue weighted by Gasteiger charge is 2.42. The summed E-state index contributed by atoms with van der Waals surface area (Å²) in [7, 11) is -4.30. The van der Waals surface area contributed by atoms with Gasteiger partial charge in [0.25, 0.3) is 15.9 Å². The summed E-state index contributed by atoms with van der Waals surface area (Å²) in [5.74, 6) is -2.27. The number of hydrogen-bond acceptors (Lipinski definition) is 5. The fourth-order valence-electron chi connectivity index (χ4n) is 4.49. The summed E-state index contributed by atoms with van der Waals surface area (Å²) in [5, 5.41) is 0. The second-order valence-corrected chi connectivity index (χ2v) is 11.6. The summed E-state index contributed by atoms with van der Waals surface area (Å²) in [6.45, 7) is 1.67. The van der Waals surface area contributed by atoms with Gasteiger partial charge in [-0.3, -0.25) is 4.79 Å². The van der Waals surface area contributed by atoms with E-state index in [1.165, 1.54) is 79.0 Å². The molecule has 1 aromatic heterocycles. The number of halogens is 3. The van der Waals surface area contributed by atoms with Gasteiger partial charge in [0.2, 0.25) is 0 Å². The summed E-state index contributed by atoms with van der Waals surface area (Å²) in [6.07, 6.45) is -3.84. The molecule has 0 N–H and O–H groups in total. The predicted octanol–water partition coefficient (Wildman–Crippen LogP) is 7.22. The Hall–Kier alpha value is -5.16. The molecule has 0 aliphatic heterocycles. The fraction of sp³-hybridized carbons (Fsp3) is 0.0909. The van der Waals surface area contributed by atoms with E-state index < -0.39 is 28.2 Å². The molecule has 0 fully saturated rings. The monoisotopic (exact) mass is 618 g/mol. The molecule has 224 valence electrons. The standard InChI is InChI=1S/C33H25F3N2O5S/c1-23-15-17-29(18-16-23)44(41,42)37-21-27(20-30(37)32(40)43-22-24-9-4-2-5-10-24)25-11-8-12-26(19-25)31(39)38(33(34,35)36)28-13-6-3-7-14-28/h2-21H,22H2,1H3. The molecule has 0 spiro atoms. The van der Waals surface area contributed by atoms with Crippen LogP contribution >= 0.6 is 0 Å². The normalized spacial score (nSPS) is 11.6. The Balaban J connectivity index is 1.56. The number of nitrogens with zero attached hydrogens (tertiary/aromatic N) is 2. The van der Waals surface area contributed by atoms with Crippen molar-refractivity contribution in [3.05, 3.63) is 144 Å². The van der Waals surface area contributed by atoms with Crippen molar-refractivity contribution in [2.45, 2.75) is 24.7 Å². The van der Waals surface area contributed by atoms with Gasteiger partial charge in [-0.25, -0.2) is 22.1 Å². The van der Waals surface area contributed by atoms with E-state index in [0.717, 1.165) is 9.54 Å². The Morgan fingerprint density at radius 2 is 1.43 bits per heavy atom. The van der Waals surface area contributed by atoms with Crippen LogP contribution < -0.4 is 4.90 Å². The first kappa shape index (κ1) is 30.3. The molecule has 1 heterocycles. The molecule has 0 saturated carbocycles. The average molecular weight is 619 g/mol. The minimum Gasteiger partial charge on any atom is -0.456 e. The summed E-state index contributed by atoms with van der Waals surface area (Å²) in [6, 6.07) is 28.0. The van der Waals surface area contributed by atoms with Crippen LogP contribution in [0.3, 0.4) is 0 Å². The number of esters is 1. The van der Waals surface area contributed by atoms with Crippen LogP contribution in [0, 0.1) is 6.92 Å². The number of alkyl halides is 3. The van der Waals surface area contributed by atoms with E-state index in [0.29, 0.717) is 5.56 Å². The zero-order valence-corrected chi connectivity index (χ0v) is 24.0. The number of para-hydroxylation sites is 1. The Morgan fingerprint density at radius 3 is 2.07 bits per heavy atom. The van der Waals surface area contributed by atoms with E-state index in [2.05, 4.69) is 0 Å². The van der Waals surface area contributed by atoms with Crippen molar-refractivity contribution in [3.63, 3.8) is 0 Å². The van der Waals surface area contributed by atoms with Crippen molar-refractivity contribution in [1.82, 2.24) is 3.97 Å². The number of aromatic nitrogens is 1. The Bertz CT molecular complexity index is 1900. The lowest BCUT2D eigenvalue weighted by Gasteiger charge is -2.25. The van der Waals surface area contributed by atoms with E-state index in [9.17, 15) is 31.2 Å². The van der Waals surface area contributed by atoms with Crippen molar-refractivity contribution in [1.29, 1.82) is 0 Å². The predicted molar refractivity (Wildman–Crippen MR) is 158 cm³/mol. The summed E-state index contributed by atoms with van der Waals surface area (Å²) in [4.78, 5) is 26.1. The average Bonchev–Trinajstić information content (AvgIpc) is 3.48. The smallest absolute Gasteiger partial charge is 0.456 e. The largest absolute Gasteiger partial charge is 0.491 e. The zero-order chi connectivity index (χ0) is 31.5. The van der Waals surface area contributed by atoms with Crippen molar-refractivity contribution in [2.24, 2.45) is 0 Å². The molecular formula is C33H25F3N2O5S. The van der Waals surface area contributed by atoms with E-state index >= 15 is 0 Å². The molecule has 7 nitrogen and oxygen atoms in total. The number of carbonyl (C=O) groups is 2. The summed E-state index contributed by atoms with van der Waals surface area (Å²) >= 11 is 0. The van der Waals surface area contributed by atoms with Gasteiger partial charge in [0.15, 0.2) is 0 Å². The molecule has 0 saturated heterocycles. The summed E-state index contributed by atoms with van der Waals surface area (Å²) in [5.41, 5.74) is 0.889. The van der Waals surface area contributed by atoms with Gasteiger partial charge in [0.05, 0.1) is 10.6 Å². The molecule has 11 heteroatoms. The summed E-state index contributed by atoms with van der Waals surface area (Å²) < 4.78 is 75.6. The number of ether oxygens (including phenoxy) is 1. The lowest BCUT2D eigenvalue weighted by Crippen LogP contribution is -2.43. The van der Waals surface area contributed by atoms with Gasteiger partial charge in [0.1, 0.15) is 12.3 Å². The molecule has 0 aliphatic rings. The van der Waals surface area contributed by atoms with E-state index in [1.807, 2.05) is 0 Å². The molecule has 4 aromatic carbocycles. The first-order valence-electron chi connectivity index (χ1n) is 13.3. The van der Waals surface area contributed by atoms with Gasteiger partial charge in [-0.1, -0.05) is 78.4 Å². The maximum absolute atomic E-state index is 14.0. The minimum absolute atomic E-state index is 0.0880. The highest BCUT2D eigenvalue weighted by Crippen LogP contribution is 2.32. The van der Waals surface area contributed by atoms with Crippen LogP contribution in [0.4, 0.5) is 18.9 Å². The van der Waals surface area contributed by atoms with Crippen molar-refractivity contribution < 1.29 is 35.9 Å². The highest BCUT2D eigenvalue weighted by molar-refractivity contribution is 7.90. The number of benzene rings is 4. The molecule has 5 aromatic rings. The van der Waals surface area contributed by atoms with Gasteiger partial charge < -0.3 is 4.74 Å². The molecule has 1 amide bonds. The maximum Gasteiger partial charge on any atom is 0.491 e.